The molecule has 19 heavy (non-hydrogen) atoms. The molecule has 1 aliphatic rings. The molecule has 0 saturated carbocycles. The van der Waals surface area contributed by atoms with E-state index in [1.54, 1.807) is 6.92 Å². The van der Waals surface area contributed by atoms with Gasteiger partial charge < -0.3 is 15.2 Å². The van der Waals surface area contributed by atoms with Crippen molar-refractivity contribution in [2.24, 2.45) is 0 Å². The van der Waals surface area contributed by atoms with Crippen LogP contribution in [0.2, 0.25) is 0 Å². The van der Waals surface area contributed by atoms with Crippen molar-refractivity contribution in [2.45, 2.75) is 58.3 Å². The minimum absolute atomic E-state index is 0.267. The second-order valence-corrected chi connectivity index (χ2v) is 5.79. The Morgan fingerprint density at radius 1 is 1.42 bits per heavy atom. The summed E-state index contributed by atoms with van der Waals surface area (Å²) >= 11 is 0. The van der Waals surface area contributed by atoms with Crippen molar-refractivity contribution in [3.05, 3.63) is 0 Å². The van der Waals surface area contributed by atoms with E-state index < -0.39 is 11.5 Å². The fourth-order valence-corrected chi connectivity index (χ4v) is 2.78. The molecule has 1 saturated heterocycles. The number of nitrogens with zero attached hydrogens (tertiary/aromatic N) is 1. The molecule has 0 aromatic carbocycles. The summed E-state index contributed by atoms with van der Waals surface area (Å²) in [4.78, 5) is 13.7. The lowest BCUT2D eigenvalue weighted by Gasteiger charge is -2.36. The number of nitrogens with one attached hydrogen (secondary N) is 1. The first-order chi connectivity index (χ1) is 8.87. The first-order valence-corrected chi connectivity index (χ1v) is 7.23. The average Bonchev–Trinajstić information content (AvgIpc) is 2.27. The normalized spacial score (nSPS) is 28.0. The van der Waals surface area contributed by atoms with Gasteiger partial charge in [0.15, 0.2) is 0 Å². The van der Waals surface area contributed by atoms with E-state index in [4.69, 9.17) is 4.74 Å². The summed E-state index contributed by atoms with van der Waals surface area (Å²) in [6.07, 6.45) is 2.07. The molecule has 3 unspecified atom stereocenters. The van der Waals surface area contributed by atoms with Crippen LogP contribution in [0, 0.1) is 0 Å². The molecule has 112 valence electrons. The maximum absolute atomic E-state index is 11.3. The summed E-state index contributed by atoms with van der Waals surface area (Å²) in [6.45, 7) is 11.4. The number of likely N-dealkylation sites (N-methyl/N-ethyl adjacent to an activating group) is 1. The van der Waals surface area contributed by atoms with Crippen LogP contribution < -0.4 is 5.32 Å². The Morgan fingerprint density at radius 2 is 2.00 bits per heavy atom. The van der Waals surface area contributed by atoms with Crippen molar-refractivity contribution < 1.29 is 14.6 Å². The number of carbonyl (C=O) groups is 1. The predicted molar refractivity (Wildman–Crippen MR) is 75.4 cm³/mol. The topological polar surface area (TPSA) is 61.8 Å². The van der Waals surface area contributed by atoms with Crippen LogP contribution in [0.3, 0.4) is 0 Å². The van der Waals surface area contributed by atoms with Crippen LogP contribution in [0.5, 0.6) is 0 Å². The number of ether oxygens (including phenoxy) is 1. The smallest absolute Gasteiger partial charge is 0.323 e. The van der Waals surface area contributed by atoms with Crippen LogP contribution in [0.1, 0.15) is 40.5 Å². The standard InChI is InChI=1S/C14H28N2O3/c1-5-15-14(4,13(17)18)7-6-8-16-9-11(2)19-12(3)10-16/h11-12,15H,5-10H2,1-4H3,(H,17,18). The van der Waals surface area contributed by atoms with Gasteiger partial charge in [-0.25, -0.2) is 0 Å². The van der Waals surface area contributed by atoms with Gasteiger partial charge >= 0.3 is 5.97 Å². The number of hydrogen-bond donors (Lipinski definition) is 2. The van der Waals surface area contributed by atoms with Crippen molar-refractivity contribution in [3.63, 3.8) is 0 Å². The van der Waals surface area contributed by atoms with E-state index in [-0.39, 0.29) is 12.2 Å². The molecule has 0 radical (unpaired) electrons. The number of morpholine rings is 1. The zero-order valence-electron chi connectivity index (χ0n) is 12.6. The highest BCUT2D eigenvalue weighted by Gasteiger charge is 2.31. The van der Waals surface area contributed by atoms with Gasteiger partial charge in [0.1, 0.15) is 5.54 Å². The molecule has 5 nitrogen and oxygen atoms in total. The highest BCUT2D eigenvalue weighted by atomic mass is 16.5. The van der Waals surface area contributed by atoms with Crippen LogP contribution in [-0.4, -0.2) is 59.9 Å². The fraction of sp³-hybridized carbons (Fsp3) is 0.929. The largest absolute Gasteiger partial charge is 0.480 e. The molecule has 0 bridgehead atoms. The molecule has 0 aromatic rings. The van der Waals surface area contributed by atoms with E-state index in [0.29, 0.717) is 13.0 Å². The van der Waals surface area contributed by atoms with Gasteiger partial charge in [0.25, 0.3) is 0 Å². The lowest BCUT2D eigenvalue weighted by Crippen LogP contribution is -2.50. The third-order valence-electron chi connectivity index (χ3n) is 3.69. The first kappa shape index (κ1) is 16.4. The third kappa shape index (κ3) is 5.09. The van der Waals surface area contributed by atoms with Gasteiger partial charge in [0.05, 0.1) is 12.2 Å². The Hall–Kier alpha value is -0.650. The van der Waals surface area contributed by atoms with E-state index in [2.05, 4.69) is 24.1 Å². The van der Waals surface area contributed by atoms with Crippen molar-refractivity contribution in [3.8, 4) is 0 Å². The Bertz CT molecular complexity index is 288. The van der Waals surface area contributed by atoms with Crippen molar-refractivity contribution in [1.82, 2.24) is 10.2 Å². The van der Waals surface area contributed by atoms with Crippen LogP contribution in [0.15, 0.2) is 0 Å². The maximum Gasteiger partial charge on any atom is 0.323 e. The van der Waals surface area contributed by atoms with Gasteiger partial charge in [0.2, 0.25) is 0 Å². The van der Waals surface area contributed by atoms with Crippen LogP contribution in [-0.2, 0) is 9.53 Å². The molecule has 0 aromatic heterocycles. The van der Waals surface area contributed by atoms with E-state index >= 15 is 0 Å². The zero-order chi connectivity index (χ0) is 14.5. The summed E-state index contributed by atoms with van der Waals surface area (Å²) in [5.74, 6) is -0.766. The molecule has 1 heterocycles. The number of rotatable bonds is 7. The van der Waals surface area contributed by atoms with Gasteiger partial charge in [0, 0.05) is 13.1 Å². The van der Waals surface area contributed by atoms with Gasteiger partial charge in [-0.3, -0.25) is 9.69 Å². The average molecular weight is 272 g/mol. The minimum atomic E-state index is -0.807. The van der Waals surface area contributed by atoms with Crippen molar-refractivity contribution >= 4 is 5.97 Å². The summed E-state index contributed by atoms with van der Waals surface area (Å²) in [5.41, 5.74) is -0.807. The molecule has 1 rings (SSSR count). The summed E-state index contributed by atoms with van der Waals surface area (Å²) in [6, 6.07) is 0. The van der Waals surface area contributed by atoms with Crippen LogP contribution >= 0.6 is 0 Å². The highest BCUT2D eigenvalue weighted by Crippen LogP contribution is 2.16. The van der Waals surface area contributed by atoms with Gasteiger partial charge in [-0.1, -0.05) is 6.92 Å². The number of carboxylic acid groups (broad SMARTS) is 1. The molecule has 3 atom stereocenters. The number of carboxylic acids is 1. The van der Waals surface area contributed by atoms with Crippen LogP contribution in [0.4, 0.5) is 0 Å². The van der Waals surface area contributed by atoms with Gasteiger partial charge in [-0.2, -0.15) is 0 Å². The molecule has 0 amide bonds. The Balaban J connectivity index is 2.37. The van der Waals surface area contributed by atoms with Crippen LogP contribution in [0.25, 0.3) is 0 Å². The monoisotopic (exact) mass is 272 g/mol. The fourth-order valence-electron chi connectivity index (χ4n) is 2.78. The highest BCUT2D eigenvalue weighted by molar-refractivity contribution is 5.78. The lowest BCUT2D eigenvalue weighted by atomic mass is 9.95. The first-order valence-electron chi connectivity index (χ1n) is 7.23. The molecule has 0 spiro atoms. The molecular formula is C14H28N2O3. The van der Waals surface area contributed by atoms with Crippen molar-refractivity contribution in [1.29, 1.82) is 0 Å². The van der Waals surface area contributed by atoms with Gasteiger partial charge in [-0.15, -0.1) is 0 Å². The van der Waals surface area contributed by atoms with E-state index in [1.165, 1.54) is 0 Å². The molecule has 1 aliphatic heterocycles. The van der Waals surface area contributed by atoms with Gasteiger partial charge in [-0.05, 0) is 46.7 Å². The summed E-state index contributed by atoms with van der Waals surface area (Å²) in [7, 11) is 0. The molecule has 1 fully saturated rings. The maximum atomic E-state index is 11.3. The van der Waals surface area contributed by atoms with E-state index in [1.807, 2.05) is 6.92 Å². The SMILES string of the molecule is CCNC(C)(CCCN1CC(C)OC(C)C1)C(=O)O. The zero-order valence-corrected chi connectivity index (χ0v) is 12.6. The summed E-state index contributed by atoms with van der Waals surface area (Å²) in [5, 5.41) is 12.4. The number of hydrogen-bond acceptors (Lipinski definition) is 4. The Labute approximate surface area is 116 Å². The quantitative estimate of drug-likeness (QED) is 0.732. The Kier molecular flexibility index (Phi) is 6.23. The minimum Gasteiger partial charge on any atom is -0.480 e. The van der Waals surface area contributed by atoms with E-state index in [0.717, 1.165) is 26.1 Å². The Morgan fingerprint density at radius 3 is 2.47 bits per heavy atom. The second kappa shape index (κ2) is 7.22. The molecule has 0 aliphatic carbocycles. The molecule has 5 heteroatoms. The third-order valence-corrected chi connectivity index (χ3v) is 3.69. The van der Waals surface area contributed by atoms with E-state index in [9.17, 15) is 9.90 Å². The molecular weight excluding hydrogens is 244 g/mol. The second-order valence-electron chi connectivity index (χ2n) is 5.79. The lowest BCUT2D eigenvalue weighted by molar-refractivity contribution is -0.144. The summed E-state index contributed by atoms with van der Waals surface area (Å²) < 4.78 is 5.69. The molecule has 2 N–H and O–H groups in total. The van der Waals surface area contributed by atoms with Crippen molar-refractivity contribution in [2.75, 3.05) is 26.2 Å². The predicted octanol–water partition coefficient (Wildman–Crippen LogP) is 1.33. The number of aliphatic carboxylic acids is 1.